The normalized spacial score (nSPS) is 33.6. The molecule has 4 fully saturated rings. The maximum absolute atomic E-state index is 11.7. The molecule has 4 heteroatoms. The van der Waals surface area contributed by atoms with E-state index >= 15 is 0 Å². The highest BCUT2D eigenvalue weighted by atomic mass is 16.1. The molecular weight excluding hydrogens is 725 g/mol. The average Bonchev–Trinajstić information content (AvgIpc) is 3.45. The molecule has 0 aromatic rings. The maximum atomic E-state index is 11.7. The van der Waals surface area contributed by atoms with Gasteiger partial charge in [-0.05, 0) is 173 Å². The van der Waals surface area contributed by atoms with Crippen LogP contribution in [0.2, 0.25) is 0 Å². The van der Waals surface area contributed by atoms with Crippen molar-refractivity contribution in [3.63, 3.8) is 0 Å². The summed E-state index contributed by atoms with van der Waals surface area (Å²) in [5.74, 6) is 5.11. The van der Waals surface area contributed by atoms with Gasteiger partial charge in [-0.25, -0.2) is 0 Å². The summed E-state index contributed by atoms with van der Waals surface area (Å²) in [4.78, 5) is 45.2. The van der Waals surface area contributed by atoms with Crippen molar-refractivity contribution in [2.24, 2.45) is 46.8 Å². The third-order valence-corrected chi connectivity index (χ3v) is 16.4. The van der Waals surface area contributed by atoms with Crippen LogP contribution in [-0.4, -0.2) is 23.6 Å². The van der Waals surface area contributed by atoms with Crippen LogP contribution in [0.4, 0.5) is 0 Å². The molecule has 0 saturated heterocycles. The predicted octanol–water partition coefficient (Wildman–Crippen LogP) is 15.1. The molecule has 0 aromatic heterocycles. The number of hydrogen-bond acceptors (Lipinski definition) is 4. The molecule has 0 spiro atoms. The topological polar surface area (TPSA) is 68.3 Å². The summed E-state index contributed by atoms with van der Waals surface area (Å²) in [6.07, 6.45) is 50.4. The smallest absolute Gasteiger partial charge is 0.136 e. The van der Waals surface area contributed by atoms with E-state index in [-0.39, 0.29) is 5.41 Å². The predicted molar refractivity (Wildman–Crippen MR) is 246 cm³/mol. The van der Waals surface area contributed by atoms with Crippen molar-refractivity contribution in [1.82, 2.24) is 0 Å². The Morgan fingerprint density at radius 2 is 0.864 bits per heavy atom. The van der Waals surface area contributed by atoms with Gasteiger partial charge in [0.05, 0.1) is 0 Å². The Bertz CT molecular complexity index is 1490. The van der Waals surface area contributed by atoms with Gasteiger partial charge in [0, 0.05) is 23.2 Å². The van der Waals surface area contributed by atoms with Crippen LogP contribution in [-0.2, 0) is 19.2 Å². The van der Waals surface area contributed by atoms with Gasteiger partial charge >= 0.3 is 0 Å². The summed E-state index contributed by atoms with van der Waals surface area (Å²) >= 11 is 0. The van der Waals surface area contributed by atoms with Crippen molar-refractivity contribution >= 4 is 23.6 Å². The average molecular weight is 811 g/mol. The summed E-state index contributed by atoms with van der Waals surface area (Å²) in [7, 11) is 0. The molecule has 59 heavy (non-hydrogen) atoms. The van der Waals surface area contributed by atoms with E-state index in [0.717, 1.165) is 75.4 Å². The molecule has 330 valence electrons. The van der Waals surface area contributed by atoms with Crippen molar-refractivity contribution < 1.29 is 19.2 Å². The molecule has 8 atom stereocenters. The lowest BCUT2D eigenvalue weighted by molar-refractivity contribution is -0.126. The first kappa shape index (κ1) is 47.7. The van der Waals surface area contributed by atoms with Gasteiger partial charge < -0.3 is 4.79 Å². The van der Waals surface area contributed by atoms with E-state index in [4.69, 9.17) is 0 Å². The zero-order chi connectivity index (χ0) is 42.0. The van der Waals surface area contributed by atoms with E-state index in [9.17, 15) is 19.2 Å². The second-order valence-corrected chi connectivity index (χ2v) is 20.8. The van der Waals surface area contributed by atoms with E-state index in [1.807, 2.05) is 0 Å². The zero-order valence-electron chi connectivity index (χ0n) is 38.5. The highest BCUT2D eigenvalue weighted by Crippen LogP contribution is 2.44. The Morgan fingerprint density at radius 1 is 0.492 bits per heavy atom. The van der Waals surface area contributed by atoms with Gasteiger partial charge in [-0.15, -0.1) is 0 Å². The lowest BCUT2D eigenvalue weighted by Crippen LogP contribution is -2.32. The highest BCUT2D eigenvalue weighted by molar-refractivity contribution is 5.82. The molecule has 8 unspecified atom stereocenters. The van der Waals surface area contributed by atoms with Crippen LogP contribution in [0.5, 0.6) is 0 Å². The lowest BCUT2D eigenvalue weighted by atomic mass is 9.67. The Morgan fingerprint density at radius 3 is 1.29 bits per heavy atom. The molecule has 0 amide bonds. The van der Waals surface area contributed by atoms with Crippen molar-refractivity contribution in [2.45, 2.75) is 227 Å². The largest absolute Gasteiger partial charge is 0.303 e. The number of allylic oxidation sites excluding steroid dienone is 8. The van der Waals surface area contributed by atoms with Crippen molar-refractivity contribution in [1.29, 1.82) is 0 Å². The monoisotopic (exact) mass is 811 g/mol. The standard InChI is InChI=1S/C15H24O.C14H22O.2C13H20O/c1-12(16)15(2)10-9-13-7-5-3-4-6-8-14(13)11-15;1-11(15)13-9-8-12-6-4-2-3-5-7-14(12)10-13;1-10(14)12-8-7-11-5-3-2-4-6-13(11)9-12;14-10-11-7-8-12-5-3-1-2-4-6-13(12)9-11/h9,14H,3-8,10-11H2,1-2H3;8,13-14H,2-7,9-10H2,1H3;7,12-13H,2-6,8-9H2,1H3;8,10-11,13H,1-7,9H2. The zero-order valence-corrected chi connectivity index (χ0v) is 38.5. The van der Waals surface area contributed by atoms with Crippen LogP contribution in [0.3, 0.4) is 0 Å². The fourth-order valence-electron chi connectivity index (χ4n) is 12.1. The first-order valence-corrected chi connectivity index (χ1v) is 25.3. The summed E-state index contributed by atoms with van der Waals surface area (Å²) in [6, 6.07) is 0. The minimum atomic E-state index is -0.0621. The van der Waals surface area contributed by atoms with Crippen LogP contribution in [0, 0.1) is 46.8 Å². The molecular formula is C55H86O4. The number of rotatable bonds is 4. The van der Waals surface area contributed by atoms with Crippen molar-refractivity contribution in [2.75, 3.05) is 0 Å². The summed E-state index contributed by atoms with van der Waals surface area (Å²) in [5.41, 5.74) is 6.61. The Kier molecular flexibility index (Phi) is 20.1. The van der Waals surface area contributed by atoms with Gasteiger partial charge in [0.1, 0.15) is 23.6 Å². The third kappa shape index (κ3) is 15.2. The molecule has 0 aromatic carbocycles. The summed E-state index contributed by atoms with van der Waals surface area (Å²) < 4.78 is 0. The number of Topliss-reactive ketones (excluding diaryl/α,β-unsaturated/α-hetero) is 3. The maximum Gasteiger partial charge on any atom is 0.136 e. The molecule has 8 rings (SSSR count). The minimum Gasteiger partial charge on any atom is -0.303 e. The number of carbonyl (C=O) groups excluding carboxylic acids is 4. The Hall–Kier alpha value is -2.36. The molecule has 0 heterocycles. The summed E-state index contributed by atoms with van der Waals surface area (Å²) in [5, 5.41) is 0. The second kappa shape index (κ2) is 24.9. The van der Waals surface area contributed by atoms with Gasteiger partial charge in [0.15, 0.2) is 0 Å². The van der Waals surface area contributed by atoms with Gasteiger partial charge in [-0.2, -0.15) is 0 Å². The summed E-state index contributed by atoms with van der Waals surface area (Å²) in [6.45, 7) is 7.43. The molecule has 8 aliphatic rings. The Balaban J connectivity index is 0.000000150. The molecule has 4 nitrogen and oxygen atoms in total. The molecule has 8 aliphatic carbocycles. The highest BCUT2D eigenvalue weighted by Gasteiger charge is 2.36. The number of fused-ring (bicyclic) bond motifs is 4. The van der Waals surface area contributed by atoms with Crippen LogP contribution in [0.25, 0.3) is 0 Å². The van der Waals surface area contributed by atoms with E-state index < -0.39 is 0 Å². The number of hydrogen-bond donors (Lipinski definition) is 0. The lowest BCUT2D eigenvalue weighted by Gasteiger charge is -2.37. The van der Waals surface area contributed by atoms with E-state index in [2.05, 4.69) is 31.2 Å². The fourth-order valence-corrected chi connectivity index (χ4v) is 12.1. The Labute approximate surface area is 361 Å². The number of aldehydes is 1. The van der Waals surface area contributed by atoms with Crippen molar-refractivity contribution in [3.05, 3.63) is 46.6 Å². The van der Waals surface area contributed by atoms with E-state index in [1.165, 1.54) is 148 Å². The van der Waals surface area contributed by atoms with E-state index in [0.29, 0.717) is 41.0 Å². The fraction of sp³-hybridized carbons (Fsp3) is 0.782. The minimum absolute atomic E-state index is 0.0621. The second-order valence-electron chi connectivity index (χ2n) is 20.8. The van der Waals surface area contributed by atoms with Crippen molar-refractivity contribution in [3.8, 4) is 0 Å². The van der Waals surface area contributed by atoms with Crippen LogP contribution >= 0.6 is 0 Å². The molecule has 0 aliphatic heterocycles. The molecule has 4 saturated carbocycles. The third-order valence-electron chi connectivity index (χ3n) is 16.4. The van der Waals surface area contributed by atoms with Gasteiger partial charge in [-0.3, -0.25) is 14.4 Å². The number of carbonyl (C=O) groups is 4. The van der Waals surface area contributed by atoms with Gasteiger partial charge in [-0.1, -0.05) is 124 Å². The first-order chi connectivity index (χ1) is 28.6. The first-order valence-electron chi connectivity index (χ1n) is 25.3. The van der Waals surface area contributed by atoms with E-state index in [1.54, 1.807) is 43.1 Å². The molecule has 0 radical (unpaired) electrons. The van der Waals surface area contributed by atoms with Crippen LogP contribution < -0.4 is 0 Å². The molecule has 0 N–H and O–H groups in total. The van der Waals surface area contributed by atoms with Gasteiger partial charge in [0.25, 0.3) is 0 Å². The van der Waals surface area contributed by atoms with Gasteiger partial charge in [0.2, 0.25) is 0 Å². The quantitative estimate of drug-likeness (QED) is 0.209. The van der Waals surface area contributed by atoms with Crippen LogP contribution in [0.15, 0.2) is 46.6 Å². The number of ketones is 3. The molecule has 0 bridgehead atoms. The van der Waals surface area contributed by atoms with Crippen LogP contribution in [0.1, 0.15) is 227 Å². The SMILES string of the molecule is CC(=O)C1(C)CC=C2CCCCCCC2C1.CC(=O)C1CC=C2CCCCCC2C1.CC(=O)C1CC=C2CCCCCCC2C1.O=CC1CC=C2CCCCCCC2C1.